The van der Waals surface area contributed by atoms with Crippen LogP contribution in [0.5, 0.6) is 0 Å². The second-order valence-electron chi connectivity index (χ2n) is 12.5. The maximum Gasteiger partial charge on any atom is 0.312 e. The number of benzene rings is 1. The summed E-state index contributed by atoms with van der Waals surface area (Å²) in [4.78, 5) is 48.3. The molecule has 3 saturated heterocycles. The van der Waals surface area contributed by atoms with Crippen molar-refractivity contribution in [2.75, 3.05) is 49.2 Å². The van der Waals surface area contributed by atoms with E-state index in [1.54, 1.807) is 15.9 Å². The molecule has 1 spiro atoms. The van der Waals surface area contributed by atoms with Gasteiger partial charge in [-0.3, -0.25) is 14.4 Å². The Morgan fingerprint density at radius 1 is 1.09 bits per heavy atom. The highest BCUT2D eigenvalue weighted by atomic mass is 16.6. The van der Waals surface area contributed by atoms with Crippen molar-refractivity contribution in [3.8, 4) is 0 Å². The van der Waals surface area contributed by atoms with Crippen molar-refractivity contribution >= 4 is 29.2 Å². The van der Waals surface area contributed by atoms with Crippen LogP contribution >= 0.6 is 0 Å². The number of fused-ring (bicyclic) bond motifs is 1. The first-order valence-corrected chi connectivity index (χ1v) is 16.3. The summed E-state index contributed by atoms with van der Waals surface area (Å²) < 4.78 is 12.6. The van der Waals surface area contributed by atoms with E-state index in [0.717, 1.165) is 31.6 Å². The summed E-state index contributed by atoms with van der Waals surface area (Å²) in [6.45, 7) is 18.3. The number of aliphatic hydroxyl groups is 1. The summed E-state index contributed by atoms with van der Waals surface area (Å²) in [5.41, 5.74) is -0.316. The molecule has 3 unspecified atom stereocenters. The maximum atomic E-state index is 14.8. The summed E-state index contributed by atoms with van der Waals surface area (Å²) in [7, 11) is 0. The Bertz CT molecular complexity index is 1200. The Hall–Kier alpha value is -3.17. The highest BCUT2D eigenvalue weighted by Crippen LogP contribution is 2.65. The minimum Gasteiger partial charge on any atom is -0.465 e. The molecule has 6 atom stereocenters. The second-order valence-corrected chi connectivity index (χ2v) is 12.5. The van der Waals surface area contributed by atoms with Gasteiger partial charge >= 0.3 is 5.97 Å². The first-order chi connectivity index (χ1) is 21.1. The summed E-state index contributed by atoms with van der Waals surface area (Å²) in [6, 6.07) is 6.96. The van der Waals surface area contributed by atoms with E-state index in [-0.39, 0.29) is 44.0 Å². The number of esters is 1. The Labute approximate surface area is 262 Å². The van der Waals surface area contributed by atoms with Crippen LogP contribution in [0.3, 0.4) is 0 Å². The predicted molar refractivity (Wildman–Crippen MR) is 172 cm³/mol. The van der Waals surface area contributed by atoms with Crippen LogP contribution in [0.1, 0.15) is 66.2 Å². The molecule has 0 aliphatic carbocycles. The average Bonchev–Trinajstić information content (AvgIpc) is 3.53. The SMILES string of the molecule is C=CCCCCOC(=O)[C@@H]1[C@H]2C(=O)N(CCCCO)C(C(=O)N(CC=C)c3ccc(N(CC)CC)cc3)C23CC(C)[C@@]1(C)O3. The topological polar surface area (TPSA) is 99.6 Å². The van der Waals surface area contributed by atoms with Gasteiger partial charge in [0, 0.05) is 44.2 Å². The molecule has 0 saturated carbocycles. The largest absolute Gasteiger partial charge is 0.465 e. The third-order valence-electron chi connectivity index (χ3n) is 10.0. The first-order valence-electron chi connectivity index (χ1n) is 16.3. The van der Waals surface area contributed by atoms with Crippen LogP contribution in [0.4, 0.5) is 11.4 Å². The van der Waals surface area contributed by atoms with Crippen LogP contribution in [-0.2, 0) is 23.9 Å². The zero-order chi connectivity index (χ0) is 32.1. The predicted octanol–water partition coefficient (Wildman–Crippen LogP) is 4.73. The number of hydrogen-bond acceptors (Lipinski definition) is 7. The molecule has 1 N–H and O–H groups in total. The minimum atomic E-state index is -1.16. The Kier molecular flexibility index (Phi) is 10.9. The van der Waals surface area contributed by atoms with Crippen molar-refractivity contribution in [1.29, 1.82) is 0 Å². The Morgan fingerprint density at radius 3 is 2.39 bits per heavy atom. The number of aliphatic hydroxyl groups excluding tert-OH is 1. The number of allylic oxidation sites excluding steroid dienone is 1. The number of carbonyl (C=O) groups is 3. The quantitative estimate of drug-likeness (QED) is 0.155. The summed E-state index contributed by atoms with van der Waals surface area (Å²) in [6.07, 6.45) is 7.45. The highest BCUT2D eigenvalue weighted by Gasteiger charge is 2.80. The molecule has 3 aliphatic heterocycles. The van der Waals surface area contributed by atoms with Gasteiger partial charge in [-0.2, -0.15) is 0 Å². The molecule has 3 heterocycles. The van der Waals surface area contributed by atoms with Gasteiger partial charge in [0.2, 0.25) is 5.91 Å². The van der Waals surface area contributed by atoms with Gasteiger partial charge in [-0.15, -0.1) is 13.2 Å². The van der Waals surface area contributed by atoms with Gasteiger partial charge in [-0.25, -0.2) is 0 Å². The molecule has 3 fully saturated rings. The van der Waals surface area contributed by atoms with Crippen LogP contribution in [0.25, 0.3) is 0 Å². The van der Waals surface area contributed by atoms with Crippen molar-refractivity contribution in [3.63, 3.8) is 0 Å². The number of unbranched alkanes of at least 4 members (excludes halogenated alkanes) is 3. The molecule has 0 radical (unpaired) electrons. The van der Waals surface area contributed by atoms with Gasteiger partial charge in [0.1, 0.15) is 17.6 Å². The van der Waals surface area contributed by atoms with Gasteiger partial charge in [0.05, 0.1) is 18.1 Å². The van der Waals surface area contributed by atoms with E-state index in [1.807, 2.05) is 44.2 Å². The molecule has 2 bridgehead atoms. The van der Waals surface area contributed by atoms with Gasteiger partial charge in [0.25, 0.3) is 5.91 Å². The molecule has 44 heavy (non-hydrogen) atoms. The normalized spacial score (nSPS) is 28.6. The van der Waals surface area contributed by atoms with E-state index >= 15 is 0 Å². The summed E-state index contributed by atoms with van der Waals surface area (Å²) >= 11 is 0. The third kappa shape index (κ3) is 5.93. The molecule has 9 heteroatoms. The van der Waals surface area contributed by atoms with E-state index in [9.17, 15) is 19.5 Å². The molecule has 2 amide bonds. The Balaban J connectivity index is 1.71. The van der Waals surface area contributed by atoms with Crippen molar-refractivity contribution in [1.82, 2.24) is 4.90 Å². The maximum absolute atomic E-state index is 14.8. The fourth-order valence-electron chi connectivity index (χ4n) is 7.70. The molecular formula is C35H51N3O6. The van der Waals surface area contributed by atoms with Gasteiger partial charge in [-0.1, -0.05) is 19.1 Å². The van der Waals surface area contributed by atoms with Crippen molar-refractivity contribution in [2.24, 2.45) is 17.8 Å². The van der Waals surface area contributed by atoms with Crippen LogP contribution in [0.15, 0.2) is 49.6 Å². The number of ether oxygens (including phenoxy) is 2. The number of likely N-dealkylation sites (tertiary alicyclic amines) is 1. The number of carbonyl (C=O) groups excluding carboxylic acids is 3. The average molecular weight is 610 g/mol. The van der Waals surface area contributed by atoms with Gasteiger partial charge < -0.3 is 29.3 Å². The molecule has 3 aliphatic rings. The highest BCUT2D eigenvalue weighted by molar-refractivity contribution is 6.05. The van der Waals surface area contributed by atoms with E-state index in [2.05, 4.69) is 31.9 Å². The first kappa shape index (κ1) is 33.7. The second kappa shape index (κ2) is 14.3. The fraction of sp³-hybridized carbons (Fsp3) is 0.629. The lowest BCUT2D eigenvalue weighted by Gasteiger charge is -2.37. The number of hydrogen-bond donors (Lipinski definition) is 1. The minimum absolute atomic E-state index is 0.0108. The number of anilines is 2. The standard InChI is InChI=1S/C35H51N3O6/c1-7-11-12-15-23-43-33(42)29-28-31(40)38(21-13-14-22-39)30(35(28)24-25(5)34(29,6)44-35)32(41)37(20-8-2)27-18-16-26(17-19-27)36(9-3)10-4/h7-8,16-19,25,28-30,39H,1-2,9-15,20-24H2,3-6H3/t25?,28-,29-,30?,34+,35?/m0/s1. The molecule has 242 valence electrons. The lowest BCUT2D eigenvalue weighted by molar-refractivity contribution is -0.161. The zero-order valence-electron chi connectivity index (χ0n) is 27.0. The zero-order valence-corrected chi connectivity index (χ0v) is 27.0. The molecule has 1 aromatic rings. The Morgan fingerprint density at radius 2 is 1.77 bits per heavy atom. The van der Waals surface area contributed by atoms with E-state index in [0.29, 0.717) is 31.4 Å². The monoisotopic (exact) mass is 609 g/mol. The smallest absolute Gasteiger partial charge is 0.312 e. The number of amides is 2. The molecule has 9 nitrogen and oxygen atoms in total. The van der Waals surface area contributed by atoms with Crippen LogP contribution < -0.4 is 9.80 Å². The van der Waals surface area contributed by atoms with Crippen molar-refractivity contribution in [3.05, 3.63) is 49.6 Å². The molecule has 1 aromatic carbocycles. The number of nitrogens with zero attached hydrogens (tertiary/aromatic N) is 3. The van der Waals surface area contributed by atoms with Gasteiger partial charge in [-0.05, 0) is 89.5 Å². The molecule has 0 aromatic heterocycles. The lowest BCUT2D eigenvalue weighted by atomic mass is 9.62. The van der Waals surface area contributed by atoms with Crippen LogP contribution in [0, 0.1) is 17.8 Å². The van der Waals surface area contributed by atoms with Crippen LogP contribution in [0.2, 0.25) is 0 Å². The van der Waals surface area contributed by atoms with E-state index < -0.39 is 35.0 Å². The van der Waals surface area contributed by atoms with Crippen molar-refractivity contribution < 1.29 is 29.0 Å². The summed E-state index contributed by atoms with van der Waals surface area (Å²) in [5.74, 6) is -2.63. The van der Waals surface area contributed by atoms with E-state index in [1.165, 1.54) is 0 Å². The number of rotatable bonds is 17. The third-order valence-corrected chi connectivity index (χ3v) is 10.0. The molecule has 4 rings (SSSR count). The lowest BCUT2D eigenvalue weighted by Crippen LogP contribution is -2.57. The van der Waals surface area contributed by atoms with Gasteiger partial charge in [0.15, 0.2) is 0 Å². The van der Waals surface area contributed by atoms with Crippen LogP contribution in [-0.4, -0.2) is 84.4 Å². The summed E-state index contributed by atoms with van der Waals surface area (Å²) in [5, 5.41) is 9.49. The van der Waals surface area contributed by atoms with Crippen molar-refractivity contribution in [2.45, 2.75) is 83.5 Å². The van der Waals surface area contributed by atoms with E-state index in [4.69, 9.17) is 9.47 Å². The fourth-order valence-corrected chi connectivity index (χ4v) is 7.70. The molecular weight excluding hydrogens is 558 g/mol.